The van der Waals surface area contributed by atoms with Gasteiger partial charge in [-0.05, 0) is 19.5 Å². The lowest BCUT2D eigenvalue weighted by molar-refractivity contribution is 0.0777. The molecule has 0 aliphatic carbocycles. The highest BCUT2D eigenvalue weighted by molar-refractivity contribution is 5.99. The van der Waals surface area contributed by atoms with E-state index < -0.39 is 0 Å². The molecule has 1 atom stereocenters. The molecule has 136 valence electrons. The van der Waals surface area contributed by atoms with Crippen LogP contribution in [0, 0.1) is 5.92 Å². The fraction of sp³-hybridized carbons (Fsp3) is 0.611. The van der Waals surface area contributed by atoms with Crippen molar-refractivity contribution in [2.45, 2.75) is 26.8 Å². The minimum atomic E-state index is 0.0117. The number of carbonyl (C=O) groups is 1. The number of carbonyl (C=O) groups excluding carboxylic acids is 1. The van der Waals surface area contributed by atoms with Crippen LogP contribution in [0.3, 0.4) is 0 Å². The third-order valence-corrected chi connectivity index (χ3v) is 4.92. The van der Waals surface area contributed by atoms with Gasteiger partial charge in [-0.25, -0.2) is 9.50 Å². The largest absolute Gasteiger partial charge is 0.384 e. The van der Waals surface area contributed by atoms with E-state index in [9.17, 15) is 4.79 Å². The lowest BCUT2D eigenvalue weighted by Crippen LogP contribution is -2.29. The Balaban J connectivity index is 1.76. The van der Waals surface area contributed by atoms with Crippen molar-refractivity contribution in [2.24, 2.45) is 5.92 Å². The summed E-state index contributed by atoms with van der Waals surface area (Å²) in [6.07, 6.45) is 6.44. The highest BCUT2D eigenvalue weighted by Gasteiger charge is 2.28. The summed E-state index contributed by atoms with van der Waals surface area (Å²) in [4.78, 5) is 21.5. The molecule has 1 unspecified atom stereocenters. The molecule has 0 bridgehead atoms. The molecule has 1 aliphatic rings. The lowest BCUT2D eigenvalue weighted by Gasteiger charge is -2.17. The van der Waals surface area contributed by atoms with Crippen molar-refractivity contribution in [1.82, 2.24) is 24.4 Å². The first-order chi connectivity index (χ1) is 12.2. The van der Waals surface area contributed by atoms with Gasteiger partial charge in [0, 0.05) is 50.6 Å². The van der Waals surface area contributed by atoms with Crippen LogP contribution in [0.2, 0.25) is 0 Å². The molecule has 1 aliphatic heterocycles. The van der Waals surface area contributed by atoms with Gasteiger partial charge in [-0.15, -0.1) is 0 Å². The number of amides is 1. The van der Waals surface area contributed by atoms with Crippen LogP contribution in [0.4, 0.5) is 0 Å². The molecule has 0 saturated carbocycles. The summed E-state index contributed by atoms with van der Waals surface area (Å²) < 4.78 is 6.92. The van der Waals surface area contributed by atoms with E-state index in [1.807, 2.05) is 17.3 Å². The van der Waals surface area contributed by atoms with Crippen molar-refractivity contribution in [2.75, 3.05) is 39.9 Å². The van der Waals surface area contributed by atoms with Crippen molar-refractivity contribution in [3.63, 3.8) is 0 Å². The fourth-order valence-corrected chi connectivity index (χ4v) is 3.41. The molecule has 1 amide bonds. The molecule has 1 fully saturated rings. The molecule has 3 heterocycles. The number of hydrogen-bond donors (Lipinski definition) is 0. The van der Waals surface area contributed by atoms with Gasteiger partial charge in [-0.1, -0.05) is 13.8 Å². The second-order valence-electron chi connectivity index (χ2n) is 6.61. The standard InChI is InChI=1S/C18H27N5O2/c1-4-21(5-2)10-15-8-19-17-16(9-20-23(17)12-15)18(24)22-7-6-14(11-22)13-25-3/h8-9,12,14H,4-7,10-11,13H2,1-3H3. The summed E-state index contributed by atoms with van der Waals surface area (Å²) in [5.41, 5.74) is 2.30. The summed E-state index contributed by atoms with van der Waals surface area (Å²) >= 11 is 0. The SMILES string of the molecule is CCN(CC)Cc1cnc2c(C(=O)N3CCC(COC)C3)cnn2c1. The Labute approximate surface area is 148 Å². The molecule has 0 aromatic carbocycles. The molecule has 25 heavy (non-hydrogen) atoms. The van der Waals surface area contributed by atoms with Crippen molar-refractivity contribution in [1.29, 1.82) is 0 Å². The first-order valence-corrected chi connectivity index (χ1v) is 8.99. The zero-order chi connectivity index (χ0) is 17.8. The Morgan fingerprint density at radius 3 is 2.88 bits per heavy atom. The van der Waals surface area contributed by atoms with Gasteiger partial charge in [0.1, 0.15) is 5.56 Å². The molecule has 2 aromatic rings. The van der Waals surface area contributed by atoms with E-state index in [2.05, 4.69) is 28.8 Å². The Morgan fingerprint density at radius 1 is 1.36 bits per heavy atom. The van der Waals surface area contributed by atoms with Crippen LogP contribution in [-0.4, -0.2) is 70.2 Å². The predicted octanol–water partition coefficient (Wildman–Crippen LogP) is 1.68. The fourth-order valence-electron chi connectivity index (χ4n) is 3.41. The summed E-state index contributed by atoms with van der Waals surface area (Å²) in [5.74, 6) is 0.432. The number of rotatable bonds is 7. The molecule has 7 heteroatoms. The molecule has 0 N–H and O–H groups in total. The van der Waals surface area contributed by atoms with Crippen molar-refractivity contribution >= 4 is 11.6 Å². The van der Waals surface area contributed by atoms with E-state index in [-0.39, 0.29) is 5.91 Å². The molecule has 7 nitrogen and oxygen atoms in total. The van der Waals surface area contributed by atoms with Crippen LogP contribution in [0.15, 0.2) is 18.6 Å². The number of likely N-dealkylation sites (tertiary alicyclic amines) is 1. The normalized spacial score (nSPS) is 17.8. The number of hydrogen-bond acceptors (Lipinski definition) is 5. The second kappa shape index (κ2) is 7.93. The van der Waals surface area contributed by atoms with E-state index in [1.54, 1.807) is 17.8 Å². The van der Waals surface area contributed by atoms with E-state index in [1.165, 1.54) is 0 Å². The smallest absolute Gasteiger partial charge is 0.259 e. The predicted molar refractivity (Wildman–Crippen MR) is 95.5 cm³/mol. The highest BCUT2D eigenvalue weighted by atomic mass is 16.5. The van der Waals surface area contributed by atoms with Gasteiger partial charge in [0.2, 0.25) is 0 Å². The van der Waals surface area contributed by atoms with E-state index in [0.29, 0.717) is 23.7 Å². The minimum absolute atomic E-state index is 0.0117. The van der Waals surface area contributed by atoms with Gasteiger partial charge in [-0.2, -0.15) is 5.10 Å². The maximum atomic E-state index is 12.8. The average Bonchev–Trinajstić information content (AvgIpc) is 3.26. The summed E-state index contributed by atoms with van der Waals surface area (Å²) in [6.45, 7) is 9.33. The van der Waals surface area contributed by atoms with Gasteiger partial charge in [0.25, 0.3) is 5.91 Å². The number of ether oxygens (including phenoxy) is 1. The third-order valence-electron chi connectivity index (χ3n) is 4.92. The molecular formula is C18H27N5O2. The van der Waals surface area contributed by atoms with Gasteiger partial charge in [0.15, 0.2) is 5.65 Å². The quantitative estimate of drug-likeness (QED) is 0.764. The highest BCUT2D eigenvalue weighted by Crippen LogP contribution is 2.20. The Bertz CT molecular complexity index is 725. The van der Waals surface area contributed by atoms with Crippen LogP contribution < -0.4 is 0 Å². The van der Waals surface area contributed by atoms with Crippen LogP contribution in [-0.2, 0) is 11.3 Å². The number of fused-ring (bicyclic) bond motifs is 1. The van der Waals surface area contributed by atoms with E-state index >= 15 is 0 Å². The summed E-state index contributed by atoms with van der Waals surface area (Å²) in [7, 11) is 1.70. The summed E-state index contributed by atoms with van der Waals surface area (Å²) in [5, 5.41) is 4.35. The Morgan fingerprint density at radius 2 is 2.16 bits per heavy atom. The monoisotopic (exact) mass is 345 g/mol. The van der Waals surface area contributed by atoms with Crippen molar-refractivity contribution in [3.05, 3.63) is 29.7 Å². The van der Waals surface area contributed by atoms with E-state index in [4.69, 9.17) is 4.74 Å². The molecule has 0 spiro atoms. The van der Waals surface area contributed by atoms with Gasteiger partial charge < -0.3 is 9.64 Å². The van der Waals surface area contributed by atoms with Gasteiger partial charge in [-0.3, -0.25) is 9.69 Å². The van der Waals surface area contributed by atoms with Crippen LogP contribution in [0.1, 0.15) is 36.2 Å². The first kappa shape index (κ1) is 17.8. The van der Waals surface area contributed by atoms with Gasteiger partial charge in [0.05, 0.1) is 12.8 Å². The van der Waals surface area contributed by atoms with Crippen molar-refractivity contribution in [3.8, 4) is 0 Å². The summed E-state index contributed by atoms with van der Waals surface area (Å²) in [6, 6.07) is 0. The zero-order valence-corrected chi connectivity index (χ0v) is 15.3. The Hall–Kier alpha value is -1.99. The van der Waals surface area contributed by atoms with Crippen LogP contribution >= 0.6 is 0 Å². The van der Waals surface area contributed by atoms with Crippen LogP contribution in [0.5, 0.6) is 0 Å². The second-order valence-corrected chi connectivity index (χ2v) is 6.61. The molecule has 2 aromatic heterocycles. The van der Waals surface area contributed by atoms with Gasteiger partial charge >= 0.3 is 0 Å². The maximum Gasteiger partial charge on any atom is 0.259 e. The minimum Gasteiger partial charge on any atom is -0.384 e. The topological polar surface area (TPSA) is 63.0 Å². The van der Waals surface area contributed by atoms with E-state index in [0.717, 1.165) is 44.7 Å². The number of aromatic nitrogens is 3. The third kappa shape index (κ3) is 3.82. The number of nitrogens with zero attached hydrogens (tertiary/aromatic N) is 5. The van der Waals surface area contributed by atoms with Crippen molar-refractivity contribution < 1.29 is 9.53 Å². The molecule has 0 radical (unpaired) electrons. The molecular weight excluding hydrogens is 318 g/mol. The average molecular weight is 345 g/mol. The first-order valence-electron chi connectivity index (χ1n) is 8.99. The Kier molecular flexibility index (Phi) is 5.65. The van der Waals surface area contributed by atoms with Crippen LogP contribution in [0.25, 0.3) is 5.65 Å². The zero-order valence-electron chi connectivity index (χ0n) is 15.3. The molecule has 1 saturated heterocycles. The molecule has 3 rings (SSSR count). The number of methoxy groups -OCH3 is 1. The maximum absolute atomic E-state index is 12.8. The lowest BCUT2D eigenvalue weighted by atomic mass is 10.1.